The zero-order valence-electron chi connectivity index (χ0n) is 10.8. The molecule has 0 radical (unpaired) electrons. The smallest absolute Gasteiger partial charge is 0.123 e. The Balaban J connectivity index is 1.72. The summed E-state index contributed by atoms with van der Waals surface area (Å²) in [5, 5.41) is 1.15. The first-order valence-corrected chi connectivity index (χ1v) is 7.31. The maximum absolute atomic E-state index is 4.56. The number of hydrogen-bond donors (Lipinski definition) is 0. The second-order valence-corrected chi connectivity index (χ2v) is 6.24. The van der Waals surface area contributed by atoms with Crippen LogP contribution in [0.15, 0.2) is 36.5 Å². The van der Waals surface area contributed by atoms with Gasteiger partial charge in [-0.15, -0.1) is 11.3 Å². The molecule has 18 heavy (non-hydrogen) atoms. The molecule has 1 fully saturated rings. The second-order valence-electron chi connectivity index (χ2n) is 5.18. The standard InChI is InChI=1S/C15H18N2S/c1-11(2)17-9-13(10-17)14-8-16-15(18-14)12-6-4-3-5-7-12/h3-8,11,13H,9-10H2,1-2H3. The van der Waals surface area contributed by atoms with Crippen LogP contribution in [0.2, 0.25) is 0 Å². The Labute approximate surface area is 112 Å². The fourth-order valence-electron chi connectivity index (χ4n) is 2.30. The van der Waals surface area contributed by atoms with Gasteiger partial charge in [-0.3, -0.25) is 4.90 Å². The minimum Gasteiger partial charge on any atom is -0.300 e. The molecule has 2 heterocycles. The van der Waals surface area contributed by atoms with Crippen molar-refractivity contribution in [2.45, 2.75) is 25.8 Å². The number of likely N-dealkylation sites (tertiary alicyclic amines) is 1. The van der Waals surface area contributed by atoms with Gasteiger partial charge in [0.1, 0.15) is 5.01 Å². The highest BCUT2D eigenvalue weighted by atomic mass is 32.1. The third-order valence-electron chi connectivity index (χ3n) is 3.59. The van der Waals surface area contributed by atoms with E-state index in [9.17, 15) is 0 Å². The number of nitrogens with zero attached hydrogens (tertiary/aromatic N) is 2. The van der Waals surface area contributed by atoms with E-state index in [0.717, 1.165) is 5.01 Å². The predicted molar refractivity (Wildman–Crippen MR) is 77.0 cm³/mol. The third-order valence-corrected chi connectivity index (χ3v) is 4.80. The van der Waals surface area contributed by atoms with Gasteiger partial charge in [0.25, 0.3) is 0 Å². The van der Waals surface area contributed by atoms with Crippen LogP contribution in [-0.2, 0) is 0 Å². The Morgan fingerprint density at radius 1 is 1.22 bits per heavy atom. The highest BCUT2D eigenvalue weighted by Gasteiger charge is 2.30. The van der Waals surface area contributed by atoms with Crippen molar-refractivity contribution in [3.8, 4) is 10.6 Å². The molecule has 0 N–H and O–H groups in total. The summed E-state index contributed by atoms with van der Waals surface area (Å²) in [4.78, 5) is 8.50. The van der Waals surface area contributed by atoms with Crippen LogP contribution in [0.25, 0.3) is 10.6 Å². The molecule has 1 aromatic carbocycles. The molecule has 94 valence electrons. The van der Waals surface area contributed by atoms with Crippen LogP contribution < -0.4 is 0 Å². The molecule has 2 aromatic rings. The van der Waals surface area contributed by atoms with E-state index < -0.39 is 0 Å². The lowest BCUT2D eigenvalue weighted by Crippen LogP contribution is -2.48. The summed E-state index contributed by atoms with van der Waals surface area (Å²) in [6, 6.07) is 11.1. The molecule has 3 rings (SSSR count). The Hall–Kier alpha value is -1.19. The first-order chi connectivity index (χ1) is 8.74. The van der Waals surface area contributed by atoms with Crippen LogP contribution in [0.4, 0.5) is 0 Å². The van der Waals surface area contributed by atoms with Gasteiger partial charge >= 0.3 is 0 Å². The molecule has 3 heteroatoms. The summed E-state index contributed by atoms with van der Waals surface area (Å²) < 4.78 is 0. The van der Waals surface area contributed by atoms with Gasteiger partial charge in [0, 0.05) is 41.7 Å². The van der Waals surface area contributed by atoms with Crippen LogP contribution in [0.1, 0.15) is 24.6 Å². The molecule has 2 nitrogen and oxygen atoms in total. The SMILES string of the molecule is CC(C)N1CC(c2cnc(-c3ccccc3)s2)C1. The van der Waals surface area contributed by atoms with Gasteiger partial charge in [-0.05, 0) is 13.8 Å². The fourth-order valence-corrected chi connectivity index (χ4v) is 3.31. The number of hydrogen-bond acceptors (Lipinski definition) is 3. The van der Waals surface area contributed by atoms with E-state index in [1.54, 1.807) is 0 Å². The van der Waals surface area contributed by atoms with E-state index >= 15 is 0 Å². The number of rotatable bonds is 3. The van der Waals surface area contributed by atoms with Gasteiger partial charge in [0.2, 0.25) is 0 Å². The Morgan fingerprint density at radius 3 is 2.61 bits per heavy atom. The van der Waals surface area contributed by atoms with Gasteiger partial charge in [-0.1, -0.05) is 30.3 Å². The summed E-state index contributed by atoms with van der Waals surface area (Å²) in [5.74, 6) is 0.697. The summed E-state index contributed by atoms with van der Waals surface area (Å²) in [6.45, 7) is 6.90. The Kier molecular flexibility index (Phi) is 3.18. The molecule has 0 bridgehead atoms. The molecular formula is C15H18N2S. The van der Waals surface area contributed by atoms with Gasteiger partial charge in [0.15, 0.2) is 0 Å². The summed E-state index contributed by atoms with van der Waals surface area (Å²) in [7, 11) is 0. The maximum atomic E-state index is 4.56. The third kappa shape index (κ3) is 2.20. The van der Waals surface area contributed by atoms with Crippen molar-refractivity contribution in [2.75, 3.05) is 13.1 Å². The molecule has 1 aliphatic heterocycles. The van der Waals surface area contributed by atoms with E-state index in [1.807, 2.05) is 17.4 Å². The molecular weight excluding hydrogens is 240 g/mol. The van der Waals surface area contributed by atoms with Gasteiger partial charge in [-0.25, -0.2) is 4.98 Å². The van der Waals surface area contributed by atoms with E-state index in [0.29, 0.717) is 12.0 Å². The minimum absolute atomic E-state index is 0.669. The van der Waals surface area contributed by atoms with E-state index in [4.69, 9.17) is 0 Å². The quantitative estimate of drug-likeness (QED) is 0.836. The molecule has 0 amide bonds. The molecule has 0 aliphatic carbocycles. The maximum Gasteiger partial charge on any atom is 0.123 e. The highest BCUT2D eigenvalue weighted by Crippen LogP contribution is 2.35. The van der Waals surface area contributed by atoms with E-state index in [-0.39, 0.29) is 0 Å². The van der Waals surface area contributed by atoms with Crippen molar-refractivity contribution >= 4 is 11.3 Å². The first kappa shape index (κ1) is 11.9. The van der Waals surface area contributed by atoms with Crippen LogP contribution >= 0.6 is 11.3 Å². The average molecular weight is 258 g/mol. The fraction of sp³-hybridized carbons (Fsp3) is 0.400. The van der Waals surface area contributed by atoms with Crippen LogP contribution in [0.3, 0.4) is 0 Å². The Morgan fingerprint density at radius 2 is 1.94 bits per heavy atom. The average Bonchev–Trinajstić information content (AvgIpc) is 2.77. The second kappa shape index (κ2) is 4.82. The van der Waals surface area contributed by atoms with Crippen molar-refractivity contribution in [1.82, 2.24) is 9.88 Å². The zero-order valence-corrected chi connectivity index (χ0v) is 11.7. The van der Waals surface area contributed by atoms with E-state index in [1.165, 1.54) is 23.5 Å². The van der Waals surface area contributed by atoms with Crippen molar-refractivity contribution in [3.63, 3.8) is 0 Å². The first-order valence-electron chi connectivity index (χ1n) is 6.49. The normalized spacial score (nSPS) is 17.1. The van der Waals surface area contributed by atoms with Crippen LogP contribution in [0, 0.1) is 0 Å². The molecule has 0 spiro atoms. The number of thiazole rings is 1. The molecule has 1 aliphatic rings. The minimum atomic E-state index is 0.669. The van der Waals surface area contributed by atoms with Crippen LogP contribution in [-0.4, -0.2) is 29.0 Å². The lowest BCUT2D eigenvalue weighted by atomic mass is 9.97. The molecule has 0 saturated carbocycles. The monoisotopic (exact) mass is 258 g/mol. The lowest BCUT2D eigenvalue weighted by Gasteiger charge is -2.41. The Bertz CT molecular complexity index is 512. The molecule has 1 aromatic heterocycles. The number of benzene rings is 1. The van der Waals surface area contributed by atoms with Gasteiger partial charge in [-0.2, -0.15) is 0 Å². The van der Waals surface area contributed by atoms with Crippen molar-refractivity contribution in [3.05, 3.63) is 41.4 Å². The molecule has 1 saturated heterocycles. The predicted octanol–water partition coefficient (Wildman–Crippen LogP) is 3.62. The van der Waals surface area contributed by atoms with Crippen molar-refractivity contribution < 1.29 is 0 Å². The summed E-state index contributed by atoms with van der Waals surface area (Å²) in [6.07, 6.45) is 2.06. The number of aromatic nitrogens is 1. The summed E-state index contributed by atoms with van der Waals surface area (Å²) >= 11 is 1.85. The molecule has 0 atom stereocenters. The van der Waals surface area contributed by atoms with Crippen LogP contribution in [0.5, 0.6) is 0 Å². The zero-order chi connectivity index (χ0) is 12.5. The summed E-state index contributed by atoms with van der Waals surface area (Å²) in [5.41, 5.74) is 1.23. The van der Waals surface area contributed by atoms with E-state index in [2.05, 4.69) is 54.2 Å². The lowest BCUT2D eigenvalue weighted by molar-refractivity contribution is 0.111. The van der Waals surface area contributed by atoms with Gasteiger partial charge < -0.3 is 0 Å². The van der Waals surface area contributed by atoms with Crippen molar-refractivity contribution in [1.29, 1.82) is 0 Å². The largest absolute Gasteiger partial charge is 0.300 e. The van der Waals surface area contributed by atoms with Crippen molar-refractivity contribution in [2.24, 2.45) is 0 Å². The van der Waals surface area contributed by atoms with Gasteiger partial charge in [0.05, 0.1) is 0 Å². The topological polar surface area (TPSA) is 16.1 Å². The molecule has 0 unspecified atom stereocenters. The highest BCUT2D eigenvalue weighted by molar-refractivity contribution is 7.15.